The van der Waals surface area contributed by atoms with Crippen LogP contribution in [0.4, 0.5) is 0 Å². The lowest BCUT2D eigenvalue weighted by atomic mass is 10.1. The van der Waals surface area contributed by atoms with Gasteiger partial charge in [-0.3, -0.25) is 9.59 Å². The van der Waals surface area contributed by atoms with E-state index in [1.54, 1.807) is 29.2 Å². The molecular weight excluding hydrogens is 214 g/mol. The Morgan fingerprint density at radius 3 is 2.29 bits per heavy atom. The molecule has 3 heteroatoms. The third-order valence-corrected chi connectivity index (χ3v) is 2.91. The fourth-order valence-corrected chi connectivity index (χ4v) is 1.85. The zero-order valence-corrected chi connectivity index (χ0v) is 9.48. The predicted molar refractivity (Wildman–Crippen MR) is 64.5 cm³/mol. The summed E-state index contributed by atoms with van der Waals surface area (Å²) in [5.41, 5.74) is 1.38. The predicted octanol–water partition coefficient (Wildman–Crippen LogP) is 1.47. The van der Waals surface area contributed by atoms with Gasteiger partial charge in [0.05, 0.1) is 0 Å². The molecule has 1 amide bonds. The molecule has 86 valence electrons. The van der Waals surface area contributed by atoms with E-state index in [0.29, 0.717) is 31.5 Å². The molecule has 0 atom stereocenters. The van der Waals surface area contributed by atoms with Crippen LogP contribution in [0.3, 0.4) is 0 Å². The standard InChI is InChI=1S/C14H13NO2/c1-2-11-3-5-12(6-4-11)14(17)15-9-7-13(16)8-10-15/h1,3-6H,7-10H2. The average molecular weight is 227 g/mol. The minimum Gasteiger partial charge on any atom is -0.338 e. The minimum atomic E-state index is -0.0268. The van der Waals surface area contributed by atoms with E-state index in [1.165, 1.54) is 0 Å². The van der Waals surface area contributed by atoms with Gasteiger partial charge in [0.15, 0.2) is 0 Å². The summed E-state index contributed by atoms with van der Waals surface area (Å²) in [4.78, 5) is 24.9. The molecule has 1 aromatic carbocycles. The highest BCUT2D eigenvalue weighted by atomic mass is 16.2. The van der Waals surface area contributed by atoms with Crippen molar-refractivity contribution in [3.8, 4) is 12.3 Å². The maximum atomic E-state index is 12.1. The molecule has 1 aromatic rings. The second-order valence-corrected chi connectivity index (χ2v) is 4.05. The first-order chi connectivity index (χ1) is 8.20. The van der Waals surface area contributed by atoms with Crippen LogP contribution in [0.1, 0.15) is 28.8 Å². The maximum Gasteiger partial charge on any atom is 0.253 e. The summed E-state index contributed by atoms with van der Waals surface area (Å²) in [5, 5.41) is 0. The van der Waals surface area contributed by atoms with Gasteiger partial charge >= 0.3 is 0 Å². The SMILES string of the molecule is C#Cc1ccc(C(=O)N2CCC(=O)CC2)cc1. The Morgan fingerprint density at radius 2 is 1.76 bits per heavy atom. The number of hydrogen-bond donors (Lipinski definition) is 0. The topological polar surface area (TPSA) is 37.4 Å². The van der Waals surface area contributed by atoms with E-state index in [1.807, 2.05) is 0 Å². The highest BCUT2D eigenvalue weighted by Gasteiger charge is 2.21. The molecule has 0 N–H and O–H groups in total. The lowest BCUT2D eigenvalue weighted by Crippen LogP contribution is -2.38. The molecule has 1 aliphatic rings. The molecule has 1 heterocycles. The number of ketones is 1. The Hall–Kier alpha value is -2.08. The van der Waals surface area contributed by atoms with Crippen LogP contribution in [0.15, 0.2) is 24.3 Å². The van der Waals surface area contributed by atoms with Crippen LogP contribution in [0.2, 0.25) is 0 Å². The number of nitrogens with zero attached hydrogens (tertiary/aromatic N) is 1. The molecule has 17 heavy (non-hydrogen) atoms. The molecule has 3 nitrogen and oxygen atoms in total. The summed E-state index contributed by atoms with van der Waals surface area (Å²) >= 11 is 0. The number of carbonyl (C=O) groups is 2. The summed E-state index contributed by atoms with van der Waals surface area (Å²) in [5.74, 6) is 2.72. The fourth-order valence-electron chi connectivity index (χ4n) is 1.85. The Labute approximate surface area is 100 Å². The van der Waals surface area contributed by atoms with Gasteiger partial charge in [0.1, 0.15) is 5.78 Å². The van der Waals surface area contributed by atoms with Gasteiger partial charge in [0.25, 0.3) is 5.91 Å². The first kappa shape index (κ1) is 11.4. The summed E-state index contributed by atoms with van der Waals surface area (Å²) in [6.45, 7) is 1.04. The Morgan fingerprint density at radius 1 is 1.18 bits per heavy atom. The molecule has 0 spiro atoms. The molecular formula is C14H13NO2. The fraction of sp³-hybridized carbons (Fsp3) is 0.286. The number of piperidine rings is 1. The molecule has 2 rings (SSSR count). The van der Waals surface area contributed by atoms with Crippen molar-refractivity contribution in [1.29, 1.82) is 0 Å². The van der Waals surface area contributed by atoms with Gasteiger partial charge in [-0.25, -0.2) is 0 Å². The Bertz CT molecular complexity index is 472. The van der Waals surface area contributed by atoms with Crippen molar-refractivity contribution in [1.82, 2.24) is 4.90 Å². The molecule has 0 unspecified atom stereocenters. The lowest BCUT2D eigenvalue weighted by Gasteiger charge is -2.26. The third kappa shape index (κ3) is 2.54. The van der Waals surface area contributed by atoms with E-state index in [4.69, 9.17) is 6.42 Å². The van der Waals surface area contributed by atoms with Crippen molar-refractivity contribution in [2.45, 2.75) is 12.8 Å². The van der Waals surface area contributed by atoms with Crippen LogP contribution in [0.5, 0.6) is 0 Å². The van der Waals surface area contributed by atoms with Gasteiger partial charge in [0.2, 0.25) is 0 Å². The van der Waals surface area contributed by atoms with Gasteiger partial charge in [-0.1, -0.05) is 5.92 Å². The molecule has 1 saturated heterocycles. The number of rotatable bonds is 1. The smallest absolute Gasteiger partial charge is 0.253 e. The van der Waals surface area contributed by atoms with Crippen molar-refractivity contribution >= 4 is 11.7 Å². The van der Waals surface area contributed by atoms with E-state index in [-0.39, 0.29) is 11.7 Å². The van der Waals surface area contributed by atoms with Crippen molar-refractivity contribution in [3.05, 3.63) is 35.4 Å². The van der Waals surface area contributed by atoms with E-state index < -0.39 is 0 Å². The third-order valence-electron chi connectivity index (χ3n) is 2.91. The first-order valence-electron chi connectivity index (χ1n) is 5.58. The van der Waals surface area contributed by atoms with E-state index in [2.05, 4.69) is 5.92 Å². The van der Waals surface area contributed by atoms with Crippen molar-refractivity contribution in [2.24, 2.45) is 0 Å². The van der Waals surface area contributed by atoms with Gasteiger partial charge < -0.3 is 4.90 Å². The Balaban J connectivity index is 2.09. The molecule has 1 aliphatic heterocycles. The molecule has 0 saturated carbocycles. The number of terminal acetylenes is 1. The number of carbonyl (C=O) groups excluding carboxylic acids is 2. The van der Waals surface area contributed by atoms with Crippen LogP contribution in [-0.2, 0) is 4.79 Å². The highest BCUT2D eigenvalue weighted by molar-refractivity contribution is 5.95. The molecule has 0 radical (unpaired) electrons. The van der Waals surface area contributed by atoms with E-state index >= 15 is 0 Å². The van der Waals surface area contributed by atoms with E-state index in [9.17, 15) is 9.59 Å². The minimum absolute atomic E-state index is 0.0268. The van der Waals surface area contributed by atoms with Crippen LogP contribution < -0.4 is 0 Å². The van der Waals surface area contributed by atoms with Crippen LogP contribution in [0, 0.1) is 12.3 Å². The summed E-state index contributed by atoms with van der Waals surface area (Å²) < 4.78 is 0. The summed E-state index contributed by atoms with van der Waals surface area (Å²) in [6, 6.07) is 6.96. The van der Waals surface area contributed by atoms with Crippen molar-refractivity contribution in [3.63, 3.8) is 0 Å². The number of likely N-dealkylation sites (tertiary alicyclic amines) is 1. The molecule has 0 aliphatic carbocycles. The highest BCUT2D eigenvalue weighted by Crippen LogP contribution is 2.12. The van der Waals surface area contributed by atoms with Crippen molar-refractivity contribution in [2.75, 3.05) is 13.1 Å². The quantitative estimate of drug-likeness (QED) is 0.681. The molecule has 1 fully saturated rings. The van der Waals surface area contributed by atoms with Crippen LogP contribution in [0.25, 0.3) is 0 Å². The number of benzene rings is 1. The van der Waals surface area contributed by atoms with Gasteiger partial charge in [0, 0.05) is 37.1 Å². The average Bonchev–Trinajstić information content (AvgIpc) is 2.39. The van der Waals surface area contributed by atoms with E-state index in [0.717, 1.165) is 5.56 Å². The largest absolute Gasteiger partial charge is 0.338 e. The monoisotopic (exact) mass is 227 g/mol. The summed E-state index contributed by atoms with van der Waals surface area (Å²) in [6.07, 6.45) is 6.18. The molecule has 0 aromatic heterocycles. The zero-order chi connectivity index (χ0) is 12.3. The van der Waals surface area contributed by atoms with Gasteiger partial charge in [-0.05, 0) is 24.3 Å². The Kier molecular flexibility index (Phi) is 3.24. The first-order valence-corrected chi connectivity index (χ1v) is 5.58. The van der Waals surface area contributed by atoms with Crippen molar-refractivity contribution < 1.29 is 9.59 Å². The van der Waals surface area contributed by atoms with Crippen LogP contribution >= 0.6 is 0 Å². The van der Waals surface area contributed by atoms with Gasteiger partial charge in [-0.2, -0.15) is 0 Å². The molecule has 0 bridgehead atoms. The number of Topliss-reactive ketones (excluding diaryl/α,β-unsaturated/α-hetero) is 1. The van der Waals surface area contributed by atoms with Gasteiger partial charge in [-0.15, -0.1) is 6.42 Å². The second kappa shape index (κ2) is 4.84. The normalized spacial score (nSPS) is 15.5. The zero-order valence-electron chi connectivity index (χ0n) is 9.48. The lowest BCUT2D eigenvalue weighted by molar-refractivity contribution is -0.120. The summed E-state index contributed by atoms with van der Waals surface area (Å²) in [7, 11) is 0. The number of hydrogen-bond acceptors (Lipinski definition) is 2. The number of amides is 1. The van der Waals surface area contributed by atoms with Crippen LogP contribution in [-0.4, -0.2) is 29.7 Å². The maximum absolute atomic E-state index is 12.1. The second-order valence-electron chi connectivity index (χ2n) is 4.05.